The van der Waals surface area contributed by atoms with Gasteiger partial charge < -0.3 is 5.32 Å². The summed E-state index contributed by atoms with van der Waals surface area (Å²) in [6.07, 6.45) is 12.8. The lowest BCUT2D eigenvalue weighted by Crippen LogP contribution is -2.03. The third-order valence-corrected chi connectivity index (χ3v) is 2.03. The SMILES string of the molecule is CNCC=Cc1cnc(-n2ccnc2)nc1. The lowest BCUT2D eigenvalue weighted by atomic mass is 10.3. The number of nitrogens with one attached hydrogen (secondary N) is 1. The van der Waals surface area contributed by atoms with Crippen LogP contribution in [-0.4, -0.2) is 33.1 Å². The van der Waals surface area contributed by atoms with Crippen LogP contribution in [0.25, 0.3) is 12.0 Å². The normalized spacial score (nSPS) is 11.1. The average molecular weight is 215 g/mol. The maximum atomic E-state index is 4.24. The minimum Gasteiger partial charge on any atom is -0.316 e. The van der Waals surface area contributed by atoms with Crippen LogP contribution >= 0.6 is 0 Å². The third kappa shape index (κ3) is 2.52. The molecule has 0 saturated heterocycles. The van der Waals surface area contributed by atoms with Crippen LogP contribution in [0.5, 0.6) is 0 Å². The van der Waals surface area contributed by atoms with Crippen molar-refractivity contribution in [3.8, 4) is 5.95 Å². The molecule has 2 aromatic rings. The predicted octanol–water partition coefficient (Wildman–Crippen LogP) is 0.895. The van der Waals surface area contributed by atoms with Crippen LogP contribution in [0.4, 0.5) is 0 Å². The fraction of sp³-hybridized carbons (Fsp3) is 0.182. The Morgan fingerprint density at radius 2 is 2.19 bits per heavy atom. The van der Waals surface area contributed by atoms with Gasteiger partial charge in [-0.05, 0) is 7.05 Å². The van der Waals surface area contributed by atoms with Gasteiger partial charge in [0.1, 0.15) is 6.33 Å². The van der Waals surface area contributed by atoms with E-state index in [4.69, 9.17) is 0 Å². The molecule has 0 fully saturated rings. The summed E-state index contributed by atoms with van der Waals surface area (Å²) in [5.41, 5.74) is 0.985. The van der Waals surface area contributed by atoms with Crippen LogP contribution in [-0.2, 0) is 0 Å². The average Bonchev–Trinajstić information content (AvgIpc) is 2.84. The fourth-order valence-corrected chi connectivity index (χ4v) is 1.24. The summed E-state index contributed by atoms with van der Waals surface area (Å²) >= 11 is 0. The molecular weight excluding hydrogens is 202 g/mol. The number of hydrogen-bond acceptors (Lipinski definition) is 4. The Labute approximate surface area is 93.9 Å². The van der Waals surface area contributed by atoms with Crippen molar-refractivity contribution in [3.05, 3.63) is 42.8 Å². The van der Waals surface area contributed by atoms with Crippen molar-refractivity contribution in [1.82, 2.24) is 24.8 Å². The van der Waals surface area contributed by atoms with Gasteiger partial charge in [0, 0.05) is 36.9 Å². The Morgan fingerprint density at radius 1 is 1.38 bits per heavy atom. The zero-order valence-electron chi connectivity index (χ0n) is 9.04. The summed E-state index contributed by atoms with van der Waals surface area (Å²) in [5, 5.41) is 3.03. The molecule has 0 aromatic carbocycles. The second-order valence-electron chi connectivity index (χ2n) is 3.25. The van der Waals surface area contributed by atoms with E-state index >= 15 is 0 Å². The monoisotopic (exact) mass is 215 g/mol. The molecule has 0 radical (unpaired) electrons. The van der Waals surface area contributed by atoms with Gasteiger partial charge >= 0.3 is 0 Å². The molecule has 5 heteroatoms. The van der Waals surface area contributed by atoms with Gasteiger partial charge in [-0.3, -0.25) is 4.57 Å². The van der Waals surface area contributed by atoms with Crippen molar-refractivity contribution < 1.29 is 0 Å². The number of nitrogens with zero attached hydrogens (tertiary/aromatic N) is 4. The molecule has 2 aromatic heterocycles. The Bertz CT molecular complexity index is 444. The molecule has 0 unspecified atom stereocenters. The Balaban J connectivity index is 2.11. The standard InChI is InChI=1S/C11H13N5/c1-12-4-2-3-10-7-14-11(15-8-10)16-6-5-13-9-16/h2-3,5-9,12H,4H2,1H3. The molecule has 0 saturated carbocycles. The van der Waals surface area contributed by atoms with Crippen LogP contribution in [0.15, 0.2) is 37.2 Å². The molecule has 5 nitrogen and oxygen atoms in total. The van der Waals surface area contributed by atoms with Crippen molar-refractivity contribution in [2.45, 2.75) is 0 Å². The topological polar surface area (TPSA) is 55.6 Å². The van der Waals surface area contributed by atoms with Crippen LogP contribution in [0.1, 0.15) is 5.56 Å². The van der Waals surface area contributed by atoms with Gasteiger partial charge in [-0.2, -0.15) is 0 Å². The van der Waals surface area contributed by atoms with Crippen molar-refractivity contribution in [2.24, 2.45) is 0 Å². The largest absolute Gasteiger partial charge is 0.316 e. The summed E-state index contributed by atoms with van der Waals surface area (Å²) in [7, 11) is 1.91. The van der Waals surface area contributed by atoms with Crippen LogP contribution in [0, 0.1) is 0 Å². The maximum Gasteiger partial charge on any atom is 0.234 e. The smallest absolute Gasteiger partial charge is 0.234 e. The molecule has 16 heavy (non-hydrogen) atoms. The van der Waals surface area contributed by atoms with Gasteiger partial charge in [0.05, 0.1) is 0 Å². The lowest BCUT2D eigenvalue weighted by molar-refractivity contribution is 0.918. The molecule has 0 amide bonds. The first-order chi connectivity index (χ1) is 7.90. The van der Waals surface area contributed by atoms with Crippen molar-refractivity contribution in [2.75, 3.05) is 13.6 Å². The summed E-state index contributed by atoms with van der Waals surface area (Å²) < 4.78 is 1.76. The molecule has 0 aliphatic rings. The molecule has 1 N–H and O–H groups in total. The second-order valence-corrected chi connectivity index (χ2v) is 3.25. The highest BCUT2D eigenvalue weighted by Crippen LogP contribution is 2.02. The van der Waals surface area contributed by atoms with E-state index in [0.29, 0.717) is 5.95 Å². The summed E-state index contributed by atoms with van der Waals surface area (Å²) in [6.45, 7) is 0.837. The predicted molar refractivity (Wildman–Crippen MR) is 62.1 cm³/mol. The molecular formula is C11H13N5. The van der Waals surface area contributed by atoms with Gasteiger partial charge in [0.15, 0.2) is 0 Å². The highest BCUT2D eigenvalue weighted by molar-refractivity contribution is 5.46. The molecule has 0 spiro atoms. The third-order valence-electron chi connectivity index (χ3n) is 2.03. The number of hydrogen-bond donors (Lipinski definition) is 1. The number of aromatic nitrogens is 4. The van der Waals surface area contributed by atoms with E-state index < -0.39 is 0 Å². The molecule has 2 rings (SSSR count). The second kappa shape index (κ2) is 5.18. The first-order valence-corrected chi connectivity index (χ1v) is 5.01. The van der Waals surface area contributed by atoms with Crippen molar-refractivity contribution >= 4 is 6.08 Å². The van der Waals surface area contributed by atoms with Crippen molar-refractivity contribution in [1.29, 1.82) is 0 Å². The Hall–Kier alpha value is -2.01. The van der Waals surface area contributed by atoms with Crippen LogP contribution < -0.4 is 5.32 Å². The summed E-state index contributed by atoms with van der Waals surface area (Å²) in [4.78, 5) is 12.4. The first-order valence-electron chi connectivity index (χ1n) is 5.01. The van der Waals surface area contributed by atoms with Gasteiger partial charge in [0.2, 0.25) is 5.95 Å². The molecule has 0 aliphatic heterocycles. The zero-order valence-corrected chi connectivity index (χ0v) is 9.04. The fourth-order valence-electron chi connectivity index (χ4n) is 1.24. The van der Waals surface area contributed by atoms with Gasteiger partial charge in [-0.25, -0.2) is 15.0 Å². The lowest BCUT2D eigenvalue weighted by Gasteiger charge is -1.99. The van der Waals surface area contributed by atoms with E-state index in [0.717, 1.165) is 12.1 Å². The Morgan fingerprint density at radius 3 is 2.81 bits per heavy atom. The minimum atomic E-state index is 0.628. The highest BCUT2D eigenvalue weighted by Gasteiger charge is 1.97. The van der Waals surface area contributed by atoms with Gasteiger partial charge in [-0.1, -0.05) is 12.2 Å². The van der Waals surface area contributed by atoms with E-state index in [9.17, 15) is 0 Å². The quantitative estimate of drug-likeness (QED) is 0.823. The number of rotatable bonds is 4. The van der Waals surface area contributed by atoms with Gasteiger partial charge in [0.25, 0.3) is 0 Å². The molecule has 2 heterocycles. The van der Waals surface area contributed by atoms with E-state index in [-0.39, 0.29) is 0 Å². The van der Waals surface area contributed by atoms with Gasteiger partial charge in [-0.15, -0.1) is 0 Å². The number of imidazole rings is 1. The highest BCUT2D eigenvalue weighted by atomic mass is 15.2. The first kappa shape index (κ1) is 10.5. The molecule has 82 valence electrons. The summed E-state index contributed by atoms with van der Waals surface area (Å²) in [5.74, 6) is 0.628. The maximum absolute atomic E-state index is 4.24. The summed E-state index contributed by atoms with van der Waals surface area (Å²) in [6, 6.07) is 0. The van der Waals surface area contributed by atoms with Crippen LogP contribution in [0.2, 0.25) is 0 Å². The molecule has 0 aliphatic carbocycles. The minimum absolute atomic E-state index is 0.628. The molecule has 0 atom stereocenters. The zero-order chi connectivity index (χ0) is 11.2. The molecule has 0 bridgehead atoms. The Kier molecular flexibility index (Phi) is 3.40. The van der Waals surface area contributed by atoms with E-state index in [2.05, 4.69) is 20.3 Å². The van der Waals surface area contributed by atoms with E-state index in [1.807, 2.05) is 25.4 Å². The van der Waals surface area contributed by atoms with E-state index in [1.165, 1.54) is 0 Å². The van der Waals surface area contributed by atoms with E-state index in [1.54, 1.807) is 29.5 Å². The number of likely N-dealkylation sites (N-methyl/N-ethyl adjacent to an activating group) is 1. The van der Waals surface area contributed by atoms with Crippen molar-refractivity contribution in [3.63, 3.8) is 0 Å². The van der Waals surface area contributed by atoms with Crippen LogP contribution in [0.3, 0.4) is 0 Å².